The molecular formula is C6H7B2IOS. The minimum atomic E-state index is -1.74. The first kappa shape index (κ1) is 11.7. The Labute approximate surface area is 86.5 Å². The summed E-state index contributed by atoms with van der Waals surface area (Å²) in [4.78, 5) is 0. The lowest BCUT2D eigenvalue weighted by Gasteiger charge is -2.33. The Balaban J connectivity index is 4.47. The first-order chi connectivity index (χ1) is 4.81. The van der Waals surface area contributed by atoms with Gasteiger partial charge in [-0.05, 0) is 28.0 Å². The Morgan fingerprint density at radius 3 is 2.18 bits per heavy atom. The van der Waals surface area contributed by atoms with Crippen molar-refractivity contribution in [2.45, 2.75) is 19.2 Å². The van der Waals surface area contributed by atoms with Gasteiger partial charge in [-0.2, -0.15) is 0 Å². The van der Waals surface area contributed by atoms with Crippen LogP contribution >= 0.6 is 30.1 Å². The van der Waals surface area contributed by atoms with E-state index >= 15 is 0 Å². The molecule has 0 saturated heterocycles. The monoisotopic (exact) mass is 276 g/mol. The van der Waals surface area contributed by atoms with Gasteiger partial charge in [0.25, 0.3) is 0 Å². The Morgan fingerprint density at radius 1 is 1.45 bits per heavy atom. The second-order valence-electron chi connectivity index (χ2n) is 2.75. The van der Waals surface area contributed by atoms with Gasteiger partial charge in [-0.1, -0.05) is 5.92 Å². The van der Waals surface area contributed by atoms with Crippen molar-refractivity contribution < 1.29 is 5.11 Å². The quantitative estimate of drug-likeness (QED) is 0.438. The van der Waals surface area contributed by atoms with E-state index in [1.54, 1.807) is 13.8 Å². The van der Waals surface area contributed by atoms with Gasteiger partial charge in [0.1, 0.15) is 15.7 Å². The SMILES string of the molecule is [B]C([B])(O)C(C)(C)C#CSI. The van der Waals surface area contributed by atoms with Gasteiger partial charge in [0.2, 0.25) is 0 Å². The van der Waals surface area contributed by atoms with E-state index in [0.717, 1.165) is 0 Å². The average molecular weight is 276 g/mol. The fraction of sp³-hybridized carbons (Fsp3) is 0.667. The Kier molecular flexibility index (Phi) is 4.38. The van der Waals surface area contributed by atoms with Gasteiger partial charge in [-0.15, -0.1) is 0 Å². The Morgan fingerprint density at radius 2 is 1.91 bits per heavy atom. The summed E-state index contributed by atoms with van der Waals surface area (Å²) in [5.74, 6) is 2.75. The van der Waals surface area contributed by atoms with E-state index in [1.807, 2.05) is 21.2 Å². The number of hydrogen-bond donors (Lipinski definition) is 1. The van der Waals surface area contributed by atoms with E-state index in [4.69, 9.17) is 15.7 Å². The molecule has 1 N–H and O–H groups in total. The molecule has 0 saturated carbocycles. The number of rotatable bonds is 1. The minimum Gasteiger partial charge on any atom is -0.408 e. The van der Waals surface area contributed by atoms with E-state index in [0.29, 0.717) is 0 Å². The van der Waals surface area contributed by atoms with Gasteiger partial charge in [0.15, 0.2) is 0 Å². The van der Waals surface area contributed by atoms with Crippen molar-refractivity contribution in [3.8, 4) is 11.2 Å². The summed E-state index contributed by atoms with van der Waals surface area (Å²) in [5, 5.41) is 10.2. The summed E-state index contributed by atoms with van der Waals surface area (Å²) in [6.07, 6.45) is 0. The molecule has 5 heteroatoms. The van der Waals surface area contributed by atoms with Gasteiger partial charge >= 0.3 is 0 Å². The first-order valence-corrected chi connectivity index (χ1v) is 6.27. The van der Waals surface area contributed by atoms with Crippen LogP contribution < -0.4 is 0 Å². The highest BCUT2D eigenvalue weighted by atomic mass is 127. The van der Waals surface area contributed by atoms with Crippen LogP contribution in [0.15, 0.2) is 0 Å². The molecule has 56 valence electrons. The van der Waals surface area contributed by atoms with E-state index in [9.17, 15) is 5.11 Å². The van der Waals surface area contributed by atoms with E-state index < -0.39 is 10.8 Å². The fourth-order valence-corrected chi connectivity index (χ4v) is 0.871. The lowest BCUT2D eigenvalue weighted by atomic mass is 9.52. The van der Waals surface area contributed by atoms with E-state index in [1.165, 1.54) is 8.93 Å². The van der Waals surface area contributed by atoms with Crippen LogP contribution in [0.1, 0.15) is 13.8 Å². The largest absolute Gasteiger partial charge is 0.408 e. The van der Waals surface area contributed by atoms with Crippen molar-refractivity contribution in [2.75, 3.05) is 0 Å². The molecule has 0 aliphatic rings. The summed E-state index contributed by atoms with van der Waals surface area (Å²) in [7, 11) is 11.9. The highest BCUT2D eigenvalue weighted by Crippen LogP contribution is 2.25. The molecule has 0 aliphatic heterocycles. The molecule has 0 aromatic carbocycles. The van der Waals surface area contributed by atoms with E-state index in [2.05, 4.69) is 11.2 Å². The molecular weight excluding hydrogens is 269 g/mol. The normalized spacial score (nSPS) is 12.0. The van der Waals surface area contributed by atoms with Crippen LogP contribution in [-0.2, 0) is 0 Å². The topological polar surface area (TPSA) is 20.2 Å². The number of hydrogen-bond acceptors (Lipinski definition) is 2. The van der Waals surface area contributed by atoms with Crippen LogP contribution in [0.2, 0.25) is 0 Å². The van der Waals surface area contributed by atoms with Crippen LogP contribution in [0.4, 0.5) is 0 Å². The molecule has 4 radical (unpaired) electrons. The second kappa shape index (κ2) is 4.11. The van der Waals surface area contributed by atoms with Crippen molar-refractivity contribution in [3.63, 3.8) is 0 Å². The van der Waals surface area contributed by atoms with Crippen LogP contribution in [0.5, 0.6) is 0 Å². The molecule has 0 aromatic heterocycles. The van der Waals surface area contributed by atoms with E-state index in [-0.39, 0.29) is 0 Å². The smallest absolute Gasteiger partial charge is 0.101 e. The van der Waals surface area contributed by atoms with Crippen molar-refractivity contribution >= 4 is 45.8 Å². The zero-order valence-electron chi connectivity index (χ0n) is 6.39. The van der Waals surface area contributed by atoms with Crippen LogP contribution in [0, 0.1) is 16.6 Å². The standard InChI is InChI=1S/C6H7B2IOS/c1-5(2,3-4-11-9)6(7,8)10/h10H,1-2H3. The summed E-state index contributed by atoms with van der Waals surface area (Å²) < 4.78 is 0. The van der Waals surface area contributed by atoms with Crippen molar-refractivity contribution in [2.24, 2.45) is 5.41 Å². The maximum absolute atomic E-state index is 9.21. The molecule has 0 unspecified atom stereocenters. The molecule has 0 bridgehead atoms. The van der Waals surface area contributed by atoms with Crippen molar-refractivity contribution in [1.29, 1.82) is 0 Å². The highest BCUT2D eigenvalue weighted by molar-refractivity contribution is 14.2. The van der Waals surface area contributed by atoms with Crippen molar-refractivity contribution in [3.05, 3.63) is 0 Å². The average Bonchev–Trinajstić information content (AvgIpc) is 1.81. The summed E-state index contributed by atoms with van der Waals surface area (Å²) >= 11 is 2.04. The number of halogens is 1. The summed E-state index contributed by atoms with van der Waals surface area (Å²) in [6, 6.07) is 0. The third-order valence-corrected chi connectivity index (χ3v) is 2.24. The first-order valence-electron chi connectivity index (χ1n) is 2.91. The predicted octanol–water partition coefficient (Wildman–Crippen LogP) is 1.04. The molecule has 0 rings (SSSR count). The molecule has 0 amide bonds. The maximum atomic E-state index is 9.21. The third-order valence-electron chi connectivity index (χ3n) is 1.40. The van der Waals surface area contributed by atoms with Gasteiger partial charge in [-0.3, -0.25) is 0 Å². The zero-order valence-corrected chi connectivity index (χ0v) is 9.36. The third kappa shape index (κ3) is 3.77. The predicted molar refractivity (Wildman–Crippen MR) is 59.6 cm³/mol. The maximum Gasteiger partial charge on any atom is 0.101 e. The molecule has 0 spiro atoms. The van der Waals surface area contributed by atoms with Crippen LogP contribution in [0.3, 0.4) is 0 Å². The summed E-state index contributed by atoms with van der Waals surface area (Å²) in [6.45, 7) is 3.37. The van der Waals surface area contributed by atoms with Crippen molar-refractivity contribution in [1.82, 2.24) is 0 Å². The minimum absolute atomic E-state index is 0.787. The molecule has 11 heavy (non-hydrogen) atoms. The summed E-state index contributed by atoms with van der Waals surface area (Å²) in [5.41, 5.74) is -0.787. The lowest BCUT2D eigenvalue weighted by Crippen LogP contribution is -2.44. The van der Waals surface area contributed by atoms with Gasteiger partial charge in [0, 0.05) is 32.0 Å². The second-order valence-corrected chi connectivity index (χ2v) is 4.43. The number of aliphatic hydroxyl groups is 1. The molecule has 0 aromatic rings. The molecule has 1 nitrogen and oxygen atoms in total. The Bertz CT molecular complexity index is 189. The molecule has 0 aliphatic carbocycles. The van der Waals surface area contributed by atoms with Gasteiger partial charge in [-0.25, -0.2) is 0 Å². The highest BCUT2D eigenvalue weighted by Gasteiger charge is 2.31. The van der Waals surface area contributed by atoms with Gasteiger partial charge in [0.05, 0.1) is 0 Å². The zero-order chi connectivity index (χ0) is 9.12. The van der Waals surface area contributed by atoms with Gasteiger partial charge < -0.3 is 5.11 Å². The van der Waals surface area contributed by atoms with Crippen LogP contribution in [0.25, 0.3) is 0 Å². The molecule has 0 fully saturated rings. The van der Waals surface area contributed by atoms with Crippen LogP contribution in [-0.4, -0.2) is 26.2 Å². The Hall–Kier alpha value is 0.730. The fourth-order valence-electron chi connectivity index (χ4n) is 0.247. The lowest BCUT2D eigenvalue weighted by molar-refractivity contribution is 0.122. The molecule has 0 heterocycles. The molecule has 0 atom stereocenters.